The van der Waals surface area contributed by atoms with Crippen molar-refractivity contribution in [3.8, 4) is 0 Å². The SMILES string of the molecule is Cc1ccc(S(=O)(=O)NN2N=C(c3ccc(Cl)cc3)C(c3ccccc3)CC2CC(=N)N)cc1. The molecule has 2 atom stereocenters. The molecule has 0 saturated carbocycles. The summed E-state index contributed by atoms with van der Waals surface area (Å²) < 4.78 is 26.3. The summed E-state index contributed by atoms with van der Waals surface area (Å²) in [4.78, 5) is 2.74. The fourth-order valence-electron chi connectivity index (χ4n) is 4.02. The second kappa shape index (κ2) is 9.97. The maximum Gasteiger partial charge on any atom is 0.258 e. The van der Waals surface area contributed by atoms with Crippen molar-refractivity contribution >= 4 is 33.2 Å². The summed E-state index contributed by atoms with van der Waals surface area (Å²) in [6.45, 7) is 1.89. The summed E-state index contributed by atoms with van der Waals surface area (Å²) in [5.41, 5.74) is 9.28. The quantitative estimate of drug-likeness (QED) is 0.332. The predicted molar refractivity (Wildman–Crippen MR) is 135 cm³/mol. The highest BCUT2D eigenvalue weighted by Gasteiger charge is 2.35. The largest absolute Gasteiger partial charge is 0.388 e. The van der Waals surface area contributed by atoms with Crippen LogP contribution in [0.2, 0.25) is 5.02 Å². The first-order chi connectivity index (χ1) is 16.2. The molecule has 0 radical (unpaired) electrons. The van der Waals surface area contributed by atoms with Crippen molar-refractivity contribution in [2.45, 2.75) is 36.6 Å². The lowest BCUT2D eigenvalue weighted by atomic mass is 9.83. The van der Waals surface area contributed by atoms with Crippen LogP contribution >= 0.6 is 11.6 Å². The van der Waals surface area contributed by atoms with E-state index < -0.39 is 16.1 Å². The van der Waals surface area contributed by atoms with Gasteiger partial charge < -0.3 is 5.73 Å². The molecule has 2 unspecified atom stereocenters. The molecule has 0 amide bonds. The third-order valence-electron chi connectivity index (χ3n) is 5.74. The highest BCUT2D eigenvalue weighted by Crippen LogP contribution is 2.34. The van der Waals surface area contributed by atoms with Gasteiger partial charge in [0.1, 0.15) is 0 Å². The number of hydrazone groups is 1. The number of nitrogens with one attached hydrogen (secondary N) is 2. The Balaban J connectivity index is 1.78. The van der Waals surface area contributed by atoms with E-state index in [2.05, 4.69) is 4.83 Å². The van der Waals surface area contributed by atoms with Crippen LogP contribution in [0.1, 0.15) is 35.4 Å². The fourth-order valence-corrected chi connectivity index (χ4v) is 5.18. The number of hydrogen-bond acceptors (Lipinski definition) is 5. The lowest BCUT2D eigenvalue weighted by molar-refractivity contribution is 0.154. The second-order valence-electron chi connectivity index (χ2n) is 8.33. The Morgan fingerprint density at radius 1 is 1.09 bits per heavy atom. The maximum absolute atomic E-state index is 13.2. The van der Waals surface area contributed by atoms with E-state index in [1.54, 1.807) is 36.4 Å². The molecule has 1 aliphatic heterocycles. The summed E-state index contributed by atoms with van der Waals surface area (Å²) >= 11 is 6.10. The standard InChI is InChI=1S/C25H26ClN5O2S/c1-17-7-13-22(14-8-17)34(32,33)30-31-21(16-24(27)28)15-23(18-5-3-2-4-6-18)25(29-31)19-9-11-20(26)12-10-19/h2-14,21,23,30H,15-16H2,1H3,(H3,27,28). The molecule has 0 spiro atoms. The van der Waals surface area contributed by atoms with Crippen molar-refractivity contribution < 1.29 is 8.42 Å². The fraction of sp³-hybridized carbons (Fsp3) is 0.200. The molecule has 0 saturated heterocycles. The van der Waals surface area contributed by atoms with Crippen LogP contribution in [0.5, 0.6) is 0 Å². The van der Waals surface area contributed by atoms with Crippen LogP contribution in [0.25, 0.3) is 0 Å². The smallest absolute Gasteiger partial charge is 0.258 e. The lowest BCUT2D eigenvalue weighted by Gasteiger charge is -2.37. The third-order valence-corrected chi connectivity index (χ3v) is 7.31. The van der Waals surface area contributed by atoms with Crippen molar-refractivity contribution in [1.29, 1.82) is 5.41 Å². The molecular weight excluding hydrogens is 470 g/mol. The summed E-state index contributed by atoms with van der Waals surface area (Å²) in [7, 11) is -3.90. The van der Waals surface area contributed by atoms with Gasteiger partial charge in [0.05, 0.1) is 22.5 Å². The van der Waals surface area contributed by atoms with Crippen molar-refractivity contribution in [3.05, 3.63) is 101 Å². The highest BCUT2D eigenvalue weighted by atomic mass is 35.5. The van der Waals surface area contributed by atoms with E-state index in [1.165, 1.54) is 5.12 Å². The van der Waals surface area contributed by atoms with Gasteiger partial charge in [0.15, 0.2) is 0 Å². The molecule has 0 fully saturated rings. The van der Waals surface area contributed by atoms with Crippen LogP contribution < -0.4 is 10.6 Å². The van der Waals surface area contributed by atoms with Crippen LogP contribution in [-0.2, 0) is 10.0 Å². The van der Waals surface area contributed by atoms with Gasteiger partial charge in [0.2, 0.25) is 0 Å². The number of rotatable bonds is 7. The topological polar surface area (TPSA) is 112 Å². The van der Waals surface area contributed by atoms with Gasteiger partial charge in [0.25, 0.3) is 10.0 Å². The van der Waals surface area contributed by atoms with Crippen LogP contribution in [-0.4, -0.2) is 31.1 Å². The molecule has 4 N–H and O–H groups in total. The predicted octanol–water partition coefficient (Wildman–Crippen LogP) is 4.43. The molecule has 0 aromatic heterocycles. The third kappa shape index (κ3) is 5.47. The van der Waals surface area contributed by atoms with Crippen LogP contribution in [0.4, 0.5) is 0 Å². The zero-order chi connectivity index (χ0) is 24.3. The van der Waals surface area contributed by atoms with Crippen molar-refractivity contribution in [2.24, 2.45) is 10.8 Å². The van der Waals surface area contributed by atoms with Crippen molar-refractivity contribution in [1.82, 2.24) is 9.95 Å². The number of aryl methyl sites for hydroxylation is 1. The zero-order valence-corrected chi connectivity index (χ0v) is 20.2. The monoisotopic (exact) mass is 495 g/mol. The summed E-state index contributed by atoms with van der Waals surface area (Å²) in [5.74, 6) is -0.159. The van der Waals surface area contributed by atoms with Crippen molar-refractivity contribution in [2.75, 3.05) is 0 Å². The molecule has 9 heteroatoms. The molecule has 34 heavy (non-hydrogen) atoms. The van der Waals surface area contributed by atoms with E-state index in [0.717, 1.165) is 16.7 Å². The average Bonchev–Trinajstić information content (AvgIpc) is 2.81. The van der Waals surface area contributed by atoms with E-state index in [1.807, 2.05) is 49.4 Å². The number of nitrogens with zero attached hydrogens (tertiary/aromatic N) is 2. The first-order valence-corrected chi connectivity index (χ1v) is 12.7. The molecule has 7 nitrogen and oxygen atoms in total. The molecule has 4 rings (SSSR count). The minimum absolute atomic E-state index is 0.0403. The average molecular weight is 496 g/mol. The molecule has 3 aromatic carbocycles. The van der Waals surface area contributed by atoms with Crippen LogP contribution in [0, 0.1) is 12.3 Å². The van der Waals surface area contributed by atoms with Crippen molar-refractivity contribution in [3.63, 3.8) is 0 Å². The van der Waals surface area contributed by atoms with Gasteiger partial charge in [-0.25, -0.2) is 13.5 Å². The Kier molecular flexibility index (Phi) is 7.02. The van der Waals surface area contributed by atoms with E-state index in [-0.39, 0.29) is 23.1 Å². The molecule has 1 heterocycles. The molecule has 1 aliphatic rings. The summed E-state index contributed by atoms with van der Waals surface area (Å²) in [5, 5.41) is 14.6. The first-order valence-electron chi connectivity index (χ1n) is 10.8. The Hall–Kier alpha value is -3.20. The molecule has 0 bridgehead atoms. The van der Waals surface area contributed by atoms with Gasteiger partial charge in [-0.15, -0.1) is 4.83 Å². The normalized spacial score (nSPS) is 18.4. The lowest BCUT2D eigenvalue weighted by Crippen LogP contribution is -2.50. The van der Waals surface area contributed by atoms with Gasteiger partial charge in [-0.1, -0.05) is 71.8 Å². The van der Waals surface area contributed by atoms with Gasteiger partial charge in [0, 0.05) is 17.4 Å². The van der Waals surface area contributed by atoms with E-state index in [4.69, 9.17) is 27.8 Å². The molecule has 0 aliphatic carbocycles. The van der Waals surface area contributed by atoms with Gasteiger partial charge in [-0.3, -0.25) is 5.41 Å². The summed E-state index contributed by atoms with van der Waals surface area (Å²) in [6, 6.07) is 23.4. The number of amidine groups is 1. The Morgan fingerprint density at radius 3 is 2.35 bits per heavy atom. The first kappa shape index (κ1) is 23.9. The Bertz CT molecular complexity index is 1290. The number of hydrogen-bond donors (Lipinski definition) is 3. The minimum atomic E-state index is -3.90. The summed E-state index contributed by atoms with van der Waals surface area (Å²) in [6.07, 6.45) is 0.679. The molecule has 3 aromatic rings. The number of hydrazine groups is 1. The number of sulfonamides is 1. The maximum atomic E-state index is 13.2. The van der Waals surface area contributed by atoms with E-state index >= 15 is 0 Å². The van der Waals surface area contributed by atoms with Crippen LogP contribution in [0.15, 0.2) is 88.9 Å². The number of benzene rings is 3. The number of nitrogens with two attached hydrogens (primary N) is 1. The van der Waals surface area contributed by atoms with E-state index in [9.17, 15) is 8.42 Å². The molecule has 176 valence electrons. The van der Waals surface area contributed by atoms with Gasteiger partial charge in [-0.2, -0.15) is 5.10 Å². The Labute approximate surface area is 204 Å². The van der Waals surface area contributed by atoms with Gasteiger partial charge >= 0.3 is 0 Å². The van der Waals surface area contributed by atoms with E-state index in [0.29, 0.717) is 17.2 Å². The molecular formula is C25H26ClN5O2S. The zero-order valence-electron chi connectivity index (χ0n) is 18.6. The highest BCUT2D eigenvalue weighted by molar-refractivity contribution is 7.89. The minimum Gasteiger partial charge on any atom is -0.388 e. The number of halogens is 1. The van der Waals surface area contributed by atoms with Gasteiger partial charge in [-0.05, 0) is 48.7 Å². The van der Waals surface area contributed by atoms with Crippen LogP contribution in [0.3, 0.4) is 0 Å². The second-order valence-corrected chi connectivity index (χ2v) is 10.4. The Morgan fingerprint density at radius 2 is 1.74 bits per heavy atom.